The number of benzene rings is 24. The minimum atomic E-state index is 1.07. The van der Waals surface area contributed by atoms with Crippen molar-refractivity contribution in [1.82, 2.24) is 0 Å². The first-order chi connectivity index (χ1) is 58.5. The normalized spacial score (nSPS) is 12.2. The Kier molecular flexibility index (Phi) is 13.8. The molecule has 0 radical (unpaired) electrons. The molecule has 0 fully saturated rings. The smallest absolute Gasteiger partial charge is 0.0540 e. The first-order valence-electron chi connectivity index (χ1n) is 41.1. The van der Waals surface area contributed by atoms with Crippen molar-refractivity contribution in [1.29, 1.82) is 0 Å². The molecule has 0 aromatic heterocycles. The molecule has 118 heavy (non-hydrogen) atoms. The highest BCUT2D eigenvalue weighted by atomic mass is 15.1. The van der Waals surface area contributed by atoms with E-state index < -0.39 is 0 Å². The van der Waals surface area contributed by atoms with Crippen molar-refractivity contribution in [2.75, 3.05) is 9.80 Å². The van der Waals surface area contributed by atoms with E-state index >= 15 is 0 Å². The fraction of sp³-hybridized carbons (Fsp3) is 0. The molecule has 0 saturated heterocycles. The third-order valence-electron chi connectivity index (χ3n) is 26.3. The summed E-state index contributed by atoms with van der Waals surface area (Å²) < 4.78 is 0. The molecule has 0 atom stereocenters. The Morgan fingerprint density at radius 3 is 0.983 bits per heavy atom. The summed E-state index contributed by atoms with van der Waals surface area (Å²) in [6.07, 6.45) is 0. The predicted molar refractivity (Wildman–Crippen MR) is 510 cm³/mol. The van der Waals surface area contributed by atoms with Gasteiger partial charge in [0.2, 0.25) is 0 Å². The van der Waals surface area contributed by atoms with Crippen LogP contribution >= 0.6 is 0 Å². The van der Waals surface area contributed by atoms with E-state index in [1.54, 1.807) is 0 Å². The Morgan fingerprint density at radius 2 is 0.441 bits per heavy atom. The first-order valence-corrected chi connectivity index (χ1v) is 41.1. The molecule has 0 spiro atoms. The number of hydrogen-bond donors (Lipinski definition) is 0. The molecule has 0 unspecified atom stereocenters. The van der Waals surface area contributed by atoms with E-state index in [1.165, 1.54) is 216 Å². The van der Waals surface area contributed by atoms with Crippen molar-refractivity contribution in [3.63, 3.8) is 0 Å². The molecule has 2 heteroatoms. The molecule has 26 aromatic rings. The molecule has 0 heterocycles. The van der Waals surface area contributed by atoms with Crippen LogP contribution in [0.5, 0.6) is 0 Å². The van der Waals surface area contributed by atoms with Crippen molar-refractivity contribution >= 4 is 228 Å². The number of anilines is 6. The lowest BCUT2D eigenvalue weighted by Gasteiger charge is -2.29. The molecule has 2 nitrogen and oxygen atoms in total. The van der Waals surface area contributed by atoms with Crippen LogP contribution < -0.4 is 9.80 Å². The second-order valence-electron chi connectivity index (χ2n) is 32.4. The van der Waals surface area contributed by atoms with Gasteiger partial charge in [0, 0.05) is 33.5 Å². The molecule has 26 aromatic carbocycles. The van der Waals surface area contributed by atoms with E-state index in [4.69, 9.17) is 0 Å². The van der Waals surface area contributed by atoms with E-state index in [2.05, 4.69) is 422 Å². The van der Waals surface area contributed by atoms with Crippen LogP contribution in [0.2, 0.25) is 0 Å². The van der Waals surface area contributed by atoms with Crippen molar-refractivity contribution in [3.05, 3.63) is 413 Å². The summed E-state index contributed by atoms with van der Waals surface area (Å²) in [5.74, 6) is 0. The second-order valence-corrected chi connectivity index (χ2v) is 32.4. The molecule has 0 amide bonds. The lowest BCUT2D eigenvalue weighted by Crippen LogP contribution is -2.11. The van der Waals surface area contributed by atoms with Gasteiger partial charge in [0.25, 0.3) is 0 Å². The summed E-state index contributed by atoms with van der Waals surface area (Å²) in [5.41, 5.74) is 13.6. The maximum Gasteiger partial charge on any atom is 0.0540 e. The lowest BCUT2D eigenvalue weighted by atomic mass is 9.85. The highest BCUT2D eigenvalue weighted by Crippen LogP contribution is 2.53. The maximum atomic E-state index is 2.55. The zero-order chi connectivity index (χ0) is 77.0. The van der Waals surface area contributed by atoms with Gasteiger partial charge in [-0.15, -0.1) is 0 Å². The quantitative estimate of drug-likeness (QED) is 0.133. The summed E-state index contributed by atoms with van der Waals surface area (Å²) in [6.45, 7) is 0. The van der Waals surface area contributed by atoms with Crippen LogP contribution in [0.15, 0.2) is 413 Å². The van der Waals surface area contributed by atoms with Crippen LogP contribution in [0, 0.1) is 0 Å². The van der Waals surface area contributed by atoms with Gasteiger partial charge >= 0.3 is 0 Å². The molecule has 0 N–H and O–H groups in total. The van der Waals surface area contributed by atoms with E-state index in [1.807, 2.05) is 0 Å². The van der Waals surface area contributed by atoms with Crippen LogP contribution in [-0.4, -0.2) is 0 Å². The Hall–Kier alpha value is -15.5. The summed E-state index contributed by atoms with van der Waals surface area (Å²) in [5, 5.41) is 44.5. The van der Waals surface area contributed by atoms with E-state index in [0.29, 0.717) is 0 Å². The molecule has 0 aliphatic heterocycles. The SMILES string of the molecule is c1ccc2c(N(c3ccc(-c4ccc5c(ccc6ccccc65)c4)cc3)c3cc4ccc5cc(-c6ccc(N(c7ccc(-c8cc9ccccc9c9ccccc89)cc7)c7cc8ccc9cccc%10c%11cccc%12ccc%13cccc(c(c7)c8c9%10)c%13c%12%11)c7ccccc67)cc6c7cccc8ccc9cccc(c(c3)c4c56)c9c87)cccc2c1. The van der Waals surface area contributed by atoms with Crippen LogP contribution in [0.25, 0.3) is 227 Å². The third kappa shape index (κ3) is 9.57. The van der Waals surface area contributed by atoms with E-state index in [0.717, 1.165) is 45.1 Å². The first kappa shape index (κ1) is 65.0. The molecule has 542 valence electrons. The number of hydrogen-bond acceptors (Lipinski definition) is 2. The summed E-state index contributed by atoms with van der Waals surface area (Å²) in [7, 11) is 0. The largest absolute Gasteiger partial charge is 0.310 e. The fourth-order valence-electron chi connectivity index (χ4n) is 21.1. The van der Waals surface area contributed by atoms with Crippen LogP contribution in [-0.2, 0) is 0 Å². The Morgan fingerprint density at radius 1 is 0.119 bits per heavy atom. The monoisotopic (exact) mass is 1490 g/mol. The number of rotatable bonds is 9. The number of fused-ring (bicyclic) bond motifs is 12. The van der Waals surface area contributed by atoms with Gasteiger partial charge in [-0.2, -0.15) is 0 Å². The third-order valence-corrected chi connectivity index (χ3v) is 26.3. The molecule has 0 bridgehead atoms. The van der Waals surface area contributed by atoms with Crippen molar-refractivity contribution in [2.24, 2.45) is 0 Å². The van der Waals surface area contributed by atoms with Crippen LogP contribution in [0.3, 0.4) is 0 Å². The molecular formula is C116H68N2. The van der Waals surface area contributed by atoms with Gasteiger partial charge in [-0.1, -0.05) is 328 Å². The lowest BCUT2D eigenvalue weighted by molar-refractivity contribution is 1.31. The van der Waals surface area contributed by atoms with Crippen LogP contribution in [0.1, 0.15) is 0 Å². The predicted octanol–water partition coefficient (Wildman–Crippen LogP) is 33.3. The maximum absolute atomic E-state index is 2.55. The minimum Gasteiger partial charge on any atom is -0.310 e. The standard InChI is InChI=1S/C116H68N2/c1-4-26-89-71(18-1)39-45-80-61-78(53-58-91(80)89)69-49-54-85(55-50-69)117(107-38-16-20-70-17-2-6-28-93(70)107)87-64-83-48-47-81-62-84(66-104-100-35-13-23-74-42-43-76-25-15-37-102(113(76)111(74)100)106(67-87)116(83)114(81)104)92-59-60-108(97-32-10-9-30-95(92)97)118(86-56-51-72(52-57-86)103-65-79-19-3-5-27-90(79)94-29-7-8-31-96(94)103)88-63-82-46-44-77-22-12-34-99-98-33-11-21-73-40-41-75-24-14-36-101(112(75)109(73)98)105(68-88)115(82)110(77)99/h1-68H. The summed E-state index contributed by atoms with van der Waals surface area (Å²) in [6, 6.07) is 157. The van der Waals surface area contributed by atoms with E-state index in [-0.39, 0.29) is 0 Å². The highest BCUT2D eigenvalue weighted by molar-refractivity contribution is 6.40. The zero-order valence-electron chi connectivity index (χ0n) is 64.2. The fourth-order valence-corrected chi connectivity index (χ4v) is 21.1. The molecule has 0 aliphatic rings. The van der Waals surface area contributed by atoms with Gasteiger partial charge in [0.1, 0.15) is 0 Å². The summed E-state index contributed by atoms with van der Waals surface area (Å²) in [4.78, 5) is 5.06. The average Bonchev–Trinajstić information content (AvgIpc) is 0.703. The van der Waals surface area contributed by atoms with Gasteiger partial charge in [-0.05, 0) is 301 Å². The highest BCUT2D eigenvalue weighted by Gasteiger charge is 2.26. The van der Waals surface area contributed by atoms with Gasteiger partial charge in [0.15, 0.2) is 0 Å². The topological polar surface area (TPSA) is 6.48 Å². The van der Waals surface area contributed by atoms with Gasteiger partial charge < -0.3 is 9.80 Å². The van der Waals surface area contributed by atoms with Gasteiger partial charge in [-0.25, -0.2) is 0 Å². The second kappa shape index (κ2) is 25.0. The van der Waals surface area contributed by atoms with Crippen molar-refractivity contribution in [3.8, 4) is 33.4 Å². The average molecular weight is 1490 g/mol. The van der Waals surface area contributed by atoms with Crippen molar-refractivity contribution in [2.45, 2.75) is 0 Å². The summed E-state index contributed by atoms with van der Waals surface area (Å²) >= 11 is 0. The van der Waals surface area contributed by atoms with E-state index in [9.17, 15) is 0 Å². The minimum absolute atomic E-state index is 1.07. The Bertz CT molecular complexity index is 8810. The zero-order valence-corrected chi connectivity index (χ0v) is 64.2. The molecule has 0 aliphatic carbocycles. The van der Waals surface area contributed by atoms with Crippen LogP contribution in [0.4, 0.5) is 34.1 Å². The van der Waals surface area contributed by atoms with Gasteiger partial charge in [-0.3, -0.25) is 0 Å². The molecular weight excluding hydrogens is 1420 g/mol. The van der Waals surface area contributed by atoms with Crippen molar-refractivity contribution < 1.29 is 0 Å². The molecule has 26 rings (SSSR count). The Labute approximate surface area is 679 Å². The van der Waals surface area contributed by atoms with Gasteiger partial charge in [0.05, 0.1) is 11.4 Å². The number of nitrogens with zero attached hydrogens (tertiary/aromatic N) is 2. The Balaban J connectivity index is 0.692. The molecule has 0 saturated carbocycles.